The van der Waals surface area contributed by atoms with Crippen LogP contribution >= 0.6 is 0 Å². The van der Waals surface area contributed by atoms with Crippen LogP contribution in [0, 0.1) is 10.1 Å². The summed E-state index contributed by atoms with van der Waals surface area (Å²) in [7, 11) is 0. The van der Waals surface area contributed by atoms with Gasteiger partial charge in [0.2, 0.25) is 0 Å². The predicted molar refractivity (Wildman–Crippen MR) is 54.3 cm³/mol. The van der Waals surface area contributed by atoms with E-state index in [0.29, 0.717) is 5.56 Å². The van der Waals surface area contributed by atoms with Gasteiger partial charge in [0.25, 0.3) is 0 Å². The summed E-state index contributed by atoms with van der Waals surface area (Å²) in [6, 6.07) is 0. The molecule has 1 N–H and O–H groups in total. The second-order valence-corrected chi connectivity index (χ2v) is 4.27. The van der Waals surface area contributed by atoms with Gasteiger partial charge in [0.15, 0.2) is 5.56 Å². The Bertz CT molecular complexity index is 451. The van der Waals surface area contributed by atoms with Crippen LogP contribution in [0.4, 0.5) is 5.82 Å². The number of rotatable bonds is 2. The molecule has 0 aliphatic carbocycles. The average Bonchev–Trinajstić information content (AvgIpc) is 2.14. The zero-order chi connectivity index (χ0) is 12.5. The van der Waals surface area contributed by atoms with Crippen molar-refractivity contribution in [1.82, 2.24) is 10.2 Å². The SMILES string of the molecule is CC(C)(C)c1cnnc([N+](=O)[O-])c1C(=O)O. The Morgan fingerprint density at radius 3 is 2.44 bits per heavy atom. The van der Waals surface area contributed by atoms with E-state index in [2.05, 4.69) is 10.2 Å². The summed E-state index contributed by atoms with van der Waals surface area (Å²) in [6.45, 7) is 5.25. The maximum Gasteiger partial charge on any atom is 0.405 e. The molecule has 1 aromatic rings. The lowest BCUT2D eigenvalue weighted by molar-refractivity contribution is -0.390. The van der Waals surface area contributed by atoms with Gasteiger partial charge in [0.1, 0.15) is 0 Å². The summed E-state index contributed by atoms with van der Waals surface area (Å²) in [4.78, 5) is 20.8. The van der Waals surface area contributed by atoms with Crippen LogP contribution < -0.4 is 0 Å². The molecule has 0 aliphatic heterocycles. The van der Waals surface area contributed by atoms with E-state index in [-0.39, 0.29) is 0 Å². The molecule has 0 atom stereocenters. The van der Waals surface area contributed by atoms with E-state index in [4.69, 9.17) is 5.11 Å². The highest BCUT2D eigenvalue weighted by Gasteiger charge is 2.31. The van der Waals surface area contributed by atoms with E-state index >= 15 is 0 Å². The molecule has 1 heterocycles. The van der Waals surface area contributed by atoms with Gasteiger partial charge >= 0.3 is 11.8 Å². The Labute approximate surface area is 91.3 Å². The molecule has 1 aromatic heterocycles. The first-order valence-corrected chi connectivity index (χ1v) is 4.49. The molecule has 0 aromatic carbocycles. The Morgan fingerprint density at radius 1 is 1.50 bits per heavy atom. The van der Waals surface area contributed by atoms with Gasteiger partial charge in [-0.3, -0.25) is 0 Å². The Morgan fingerprint density at radius 2 is 2.06 bits per heavy atom. The lowest BCUT2D eigenvalue weighted by Crippen LogP contribution is -2.19. The lowest BCUT2D eigenvalue weighted by atomic mass is 9.85. The number of hydrogen-bond acceptors (Lipinski definition) is 5. The second-order valence-electron chi connectivity index (χ2n) is 4.27. The van der Waals surface area contributed by atoms with E-state index in [1.54, 1.807) is 20.8 Å². The molecule has 0 unspecified atom stereocenters. The number of hydrogen-bond donors (Lipinski definition) is 1. The van der Waals surface area contributed by atoms with Crippen LogP contribution in [-0.4, -0.2) is 26.2 Å². The number of aromatic nitrogens is 2. The molecule has 7 heteroatoms. The largest absolute Gasteiger partial charge is 0.477 e. The van der Waals surface area contributed by atoms with Crippen molar-refractivity contribution in [2.24, 2.45) is 0 Å². The first-order chi connectivity index (χ1) is 7.25. The summed E-state index contributed by atoms with van der Waals surface area (Å²) >= 11 is 0. The fourth-order valence-electron chi connectivity index (χ4n) is 1.28. The number of carboxylic acids is 1. The molecule has 0 saturated carbocycles. The van der Waals surface area contributed by atoms with Crippen LogP contribution in [0.15, 0.2) is 6.20 Å². The van der Waals surface area contributed by atoms with E-state index in [1.165, 1.54) is 6.20 Å². The van der Waals surface area contributed by atoms with E-state index in [0.717, 1.165) is 0 Å². The van der Waals surface area contributed by atoms with Gasteiger partial charge in [-0.15, -0.1) is 0 Å². The molecule has 7 nitrogen and oxygen atoms in total. The van der Waals surface area contributed by atoms with Crippen LogP contribution in [0.3, 0.4) is 0 Å². The molecule has 16 heavy (non-hydrogen) atoms. The van der Waals surface area contributed by atoms with Crippen molar-refractivity contribution in [2.45, 2.75) is 26.2 Å². The topological polar surface area (TPSA) is 106 Å². The van der Waals surface area contributed by atoms with Crippen molar-refractivity contribution in [3.8, 4) is 0 Å². The monoisotopic (exact) mass is 225 g/mol. The summed E-state index contributed by atoms with van der Waals surface area (Å²) < 4.78 is 0. The van der Waals surface area contributed by atoms with Gasteiger partial charge in [-0.25, -0.2) is 4.79 Å². The highest BCUT2D eigenvalue weighted by molar-refractivity contribution is 5.93. The number of aromatic carboxylic acids is 1. The summed E-state index contributed by atoms with van der Waals surface area (Å²) in [5.74, 6) is -2.09. The molecule has 0 spiro atoms. The van der Waals surface area contributed by atoms with E-state index in [9.17, 15) is 14.9 Å². The van der Waals surface area contributed by atoms with Crippen molar-refractivity contribution in [3.05, 3.63) is 27.4 Å². The summed E-state index contributed by atoms with van der Waals surface area (Å²) in [6.07, 6.45) is 1.25. The van der Waals surface area contributed by atoms with Gasteiger partial charge in [-0.2, -0.15) is 0 Å². The van der Waals surface area contributed by atoms with Gasteiger partial charge in [0.05, 0.1) is 11.3 Å². The number of carbonyl (C=O) groups is 1. The fraction of sp³-hybridized carbons (Fsp3) is 0.444. The smallest absolute Gasteiger partial charge is 0.405 e. The Hall–Kier alpha value is -2.05. The van der Waals surface area contributed by atoms with Crippen molar-refractivity contribution < 1.29 is 14.8 Å². The van der Waals surface area contributed by atoms with Crippen LogP contribution in [0.5, 0.6) is 0 Å². The molecule has 0 fully saturated rings. The molecular formula is C9H11N3O4. The van der Waals surface area contributed by atoms with Gasteiger partial charge in [-0.1, -0.05) is 20.8 Å². The number of nitrogens with zero attached hydrogens (tertiary/aromatic N) is 3. The van der Waals surface area contributed by atoms with Crippen LogP contribution in [0.2, 0.25) is 0 Å². The first-order valence-electron chi connectivity index (χ1n) is 4.49. The minimum atomic E-state index is -1.37. The van der Waals surface area contributed by atoms with Crippen molar-refractivity contribution >= 4 is 11.8 Å². The van der Waals surface area contributed by atoms with E-state index in [1.807, 2.05) is 0 Å². The van der Waals surface area contributed by atoms with Crippen LogP contribution in [-0.2, 0) is 5.41 Å². The Balaban J connectivity index is 3.58. The number of nitro groups is 1. The van der Waals surface area contributed by atoms with Gasteiger partial charge in [-0.05, 0) is 15.4 Å². The van der Waals surface area contributed by atoms with Crippen LogP contribution in [0.25, 0.3) is 0 Å². The van der Waals surface area contributed by atoms with E-state index < -0.39 is 27.7 Å². The molecule has 0 saturated heterocycles. The normalized spacial score (nSPS) is 11.2. The predicted octanol–water partition coefficient (Wildman–Crippen LogP) is 1.38. The standard InChI is InChI=1S/C9H11N3O4/c1-9(2,3)5-4-10-11-7(12(15)16)6(5)8(13)14/h4H,1-3H3,(H,13,14). The summed E-state index contributed by atoms with van der Waals surface area (Å²) in [5.41, 5.74) is -0.650. The van der Waals surface area contributed by atoms with Crippen molar-refractivity contribution in [2.75, 3.05) is 0 Å². The lowest BCUT2D eigenvalue weighted by Gasteiger charge is -2.19. The molecule has 0 bridgehead atoms. The van der Waals surface area contributed by atoms with Crippen LogP contribution in [0.1, 0.15) is 36.7 Å². The minimum absolute atomic E-state index is 0.293. The highest BCUT2D eigenvalue weighted by atomic mass is 16.6. The van der Waals surface area contributed by atoms with Gasteiger partial charge < -0.3 is 15.2 Å². The molecule has 1 rings (SSSR count). The third-order valence-corrected chi connectivity index (χ3v) is 2.03. The van der Waals surface area contributed by atoms with Crippen molar-refractivity contribution in [3.63, 3.8) is 0 Å². The third-order valence-electron chi connectivity index (χ3n) is 2.03. The molecule has 0 aliphatic rings. The molecule has 0 radical (unpaired) electrons. The molecular weight excluding hydrogens is 214 g/mol. The maximum absolute atomic E-state index is 11.0. The Kier molecular flexibility index (Phi) is 2.88. The average molecular weight is 225 g/mol. The third kappa shape index (κ3) is 2.13. The highest BCUT2D eigenvalue weighted by Crippen LogP contribution is 2.29. The quantitative estimate of drug-likeness (QED) is 0.601. The maximum atomic E-state index is 11.0. The molecule has 86 valence electrons. The first kappa shape index (κ1) is 12.0. The zero-order valence-corrected chi connectivity index (χ0v) is 9.09. The summed E-state index contributed by atoms with van der Waals surface area (Å²) in [5, 5.41) is 26.3. The molecule has 0 amide bonds. The fourth-order valence-corrected chi connectivity index (χ4v) is 1.28. The zero-order valence-electron chi connectivity index (χ0n) is 9.09. The minimum Gasteiger partial charge on any atom is -0.477 e. The number of carboxylic acid groups (broad SMARTS) is 1. The second kappa shape index (κ2) is 3.84. The van der Waals surface area contributed by atoms with Gasteiger partial charge in [0, 0.05) is 5.56 Å². The van der Waals surface area contributed by atoms with Crippen molar-refractivity contribution in [1.29, 1.82) is 0 Å².